The first-order valence-electron chi connectivity index (χ1n) is 7.00. The van der Waals surface area contributed by atoms with Gasteiger partial charge < -0.3 is 4.74 Å². The molecule has 0 saturated carbocycles. The first-order chi connectivity index (χ1) is 10.0. The smallest absolute Gasteiger partial charge is 0.127 e. The van der Waals surface area contributed by atoms with E-state index in [1.165, 1.54) is 0 Å². The van der Waals surface area contributed by atoms with Crippen LogP contribution in [0.1, 0.15) is 36.2 Å². The quantitative estimate of drug-likeness (QED) is 0.828. The number of benzene rings is 1. The van der Waals surface area contributed by atoms with Crippen molar-refractivity contribution in [2.75, 3.05) is 0 Å². The average Bonchev–Trinajstić information content (AvgIpc) is 2.46. The van der Waals surface area contributed by atoms with Crippen LogP contribution in [0.2, 0.25) is 0 Å². The van der Waals surface area contributed by atoms with E-state index in [-0.39, 0.29) is 5.60 Å². The monoisotopic (exact) mass is 278 g/mol. The van der Waals surface area contributed by atoms with Crippen LogP contribution in [0.15, 0.2) is 36.8 Å². The van der Waals surface area contributed by atoms with Crippen LogP contribution in [0.25, 0.3) is 18.2 Å². The lowest BCUT2D eigenvalue weighted by atomic mass is 10.0. The van der Waals surface area contributed by atoms with E-state index in [0.29, 0.717) is 0 Å². The Labute approximate surface area is 125 Å². The molecule has 0 unspecified atom stereocenters. The van der Waals surface area contributed by atoms with E-state index in [2.05, 4.69) is 54.2 Å². The van der Waals surface area contributed by atoms with Crippen molar-refractivity contribution < 1.29 is 4.74 Å². The van der Waals surface area contributed by atoms with Gasteiger partial charge in [-0.2, -0.15) is 0 Å². The van der Waals surface area contributed by atoms with Gasteiger partial charge in [0, 0.05) is 11.8 Å². The van der Waals surface area contributed by atoms with Gasteiger partial charge in [0.2, 0.25) is 0 Å². The Morgan fingerprint density at radius 2 is 2.05 bits per heavy atom. The Balaban J connectivity index is 1.87. The molecule has 3 nitrogen and oxygen atoms in total. The molecule has 1 aromatic carbocycles. The van der Waals surface area contributed by atoms with Crippen molar-refractivity contribution in [2.45, 2.75) is 26.4 Å². The minimum absolute atomic E-state index is 0.234. The third-order valence-corrected chi connectivity index (χ3v) is 3.44. The molecule has 21 heavy (non-hydrogen) atoms. The lowest BCUT2D eigenvalue weighted by molar-refractivity contribution is 0.159. The van der Waals surface area contributed by atoms with E-state index in [0.717, 1.165) is 28.1 Å². The van der Waals surface area contributed by atoms with Gasteiger partial charge in [0.25, 0.3) is 0 Å². The Morgan fingerprint density at radius 3 is 2.86 bits per heavy atom. The molecule has 1 aliphatic heterocycles. The fourth-order valence-corrected chi connectivity index (χ4v) is 2.26. The number of hydrogen-bond donors (Lipinski definition) is 0. The first kappa shape index (κ1) is 13.6. The summed E-state index contributed by atoms with van der Waals surface area (Å²) in [6, 6.07) is 6.20. The van der Waals surface area contributed by atoms with Crippen molar-refractivity contribution in [3.8, 4) is 5.75 Å². The van der Waals surface area contributed by atoms with Crippen molar-refractivity contribution in [2.24, 2.45) is 0 Å². The predicted octanol–water partition coefficient (Wildman–Crippen LogP) is 4.14. The zero-order chi connectivity index (χ0) is 14.9. The Morgan fingerprint density at radius 1 is 1.19 bits per heavy atom. The van der Waals surface area contributed by atoms with Gasteiger partial charge in [0.15, 0.2) is 0 Å². The highest BCUT2D eigenvalue weighted by Gasteiger charge is 2.21. The van der Waals surface area contributed by atoms with Crippen molar-refractivity contribution in [1.29, 1.82) is 0 Å². The van der Waals surface area contributed by atoms with Gasteiger partial charge in [0.05, 0.1) is 5.69 Å². The maximum Gasteiger partial charge on any atom is 0.127 e. The van der Waals surface area contributed by atoms with Gasteiger partial charge in [-0.15, -0.1) is 0 Å². The fourth-order valence-electron chi connectivity index (χ4n) is 2.26. The molecule has 0 N–H and O–H groups in total. The lowest BCUT2D eigenvalue weighted by Crippen LogP contribution is -2.27. The topological polar surface area (TPSA) is 35.0 Å². The zero-order valence-electron chi connectivity index (χ0n) is 12.5. The second kappa shape index (κ2) is 5.17. The lowest BCUT2D eigenvalue weighted by Gasteiger charge is -2.27. The van der Waals surface area contributed by atoms with Crippen LogP contribution in [0.5, 0.6) is 5.75 Å². The van der Waals surface area contributed by atoms with Gasteiger partial charge in [-0.05, 0) is 56.2 Å². The molecule has 3 heteroatoms. The van der Waals surface area contributed by atoms with Crippen molar-refractivity contribution in [3.63, 3.8) is 0 Å². The highest BCUT2D eigenvalue weighted by atomic mass is 16.5. The van der Waals surface area contributed by atoms with Gasteiger partial charge in [0.1, 0.15) is 17.7 Å². The Hall–Kier alpha value is -2.42. The number of aromatic nitrogens is 2. The molecule has 0 amide bonds. The molecule has 2 heterocycles. The average molecular weight is 278 g/mol. The molecule has 0 bridgehead atoms. The van der Waals surface area contributed by atoms with Crippen LogP contribution in [-0.2, 0) is 0 Å². The standard InChI is InChI=1S/C18H18N2O/c1-13-11-19-12-20-16(13)6-4-14-5-7-17-15(10-14)8-9-18(2,3)21-17/h4-12H,1-3H3/b6-4+. The van der Waals surface area contributed by atoms with E-state index >= 15 is 0 Å². The maximum atomic E-state index is 5.92. The predicted molar refractivity (Wildman–Crippen MR) is 85.9 cm³/mol. The molecular weight excluding hydrogens is 260 g/mol. The number of fused-ring (bicyclic) bond motifs is 1. The summed E-state index contributed by atoms with van der Waals surface area (Å²) in [6.07, 6.45) is 11.7. The van der Waals surface area contributed by atoms with Crippen molar-refractivity contribution in [1.82, 2.24) is 9.97 Å². The molecule has 106 valence electrons. The van der Waals surface area contributed by atoms with Gasteiger partial charge in [-0.1, -0.05) is 18.2 Å². The maximum absolute atomic E-state index is 5.92. The van der Waals surface area contributed by atoms with E-state index < -0.39 is 0 Å². The van der Waals surface area contributed by atoms with Crippen LogP contribution in [0.3, 0.4) is 0 Å². The largest absolute Gasteiger partial charge is 0.483 e. The number of aryl methyl sites for hydroxylation is 1. The summed E-state index contributed by atoms with van der Waals surface area (Å²) in [5, 5.41) is 0. The van der Waals surface area contributed by atoms with Gasteiger partial charge in [-0.3, -0.25) is 0 Å². The minimum Gasteiger partial charge on any atom is -0.483 e. The molecule has 0 spiro atoms. The summed E-state index contributed by atoms with van der Waals surface area (Å²) < 4.78 is 5.92. The van der Waals surface area contributed by atoms with Crippen LogP contribution in [0, 0.1) is 6.92 Å². The molecule has 2 aromatic rings. The van der Waals surface area contributed by atoms with Gasteiger partial charge in [-0.25, -0.2) is 9.97 Å². The third-order valence-electron chi connectivity index (χ3n) is 3.44. The van der Waals surface area contributed by atoms with E-state index in [1.54, 1.807) is 6.33 Å². The van der Waals surface area contributed by atoms with Gasteiger partial charge >= 0.3 is 0 Å². The molecule has 0 atom stereocenters. The molecule has 0 aliphatic carbocycles. The summed E-state index contributed by atoms with van der Waals surface area (Å²) in [6.45, 7) is 6.11. The fraction of sp³-hybridized carbons (Fsp3) is 0.222. The molecule has 0 radical (unpaired) electrons. The highest BCUT2D eigenvalue weighted by Crippen LogP contribution is 2.31. The Kier molecular flexibility index (Phi) is 3.34. The van der Waals surface area contributed by atoms with Crippen molar-refractivity contribution in [3.05, 3.63) is 59.2 Å². The molecule has 0 fully saturated rings. The van der Waals surface area contributed by atoms with E-state index in [9.17, 15) is 0 Å². The Bertz CT molecular complexity index is 730. The van der Waals surface area contributed by atoms with E-state index in [4.69, 9.17) is 4.74 Å². The second-order valence-electron chi connectivity index (χ2n) is 5.76. The van der Waals surface area contributed by atoms with Crippen LogP contribution in [-0.4, -0.2) is 15.6 Å². The third kappa shape index (κ3) is 3.02. The number of nitrogens with zero attached hydrogens (tertiary/aromatic N) is 2. The molecule has 1 aliphatic rings. The van der Waals surface area contributed by atoms with Crippen LogP contribution >= 0.6 is 0 Å². The van der Waals surface area contributed by atoms with Crippen LogP contribution < -0.4 is 4.74 Å². The molecule has 1 aromatic heterocycles. The normalized spacial score (nSPS) is 15.8. The number of rotatable bonds is 2. The number of hydrogen-bond acceptors (Lipinski definition) is 3. The highest BCUT2D eigenvalue weighted by molar-refractivity contribution is 5.72. The summed E-state index contributed by atoms with van der Waals surface area (Å²) >= 11 is 0. The summed E-state index contributed by atoms with van der Waals surface area (Å²) in [5.41, 5.74) is 4.01. The van der Waals surface area contributed by atoms with Crippen LogP contribution in [0.4, 0.5) is 0 Å². The van der Waals surface area contributed by atoms with E-state index in [1.807, 2.05) is 25.3 Å². The second-order valence-corrected chi connectivity index (χ2v) is 5.76. The summed E-state index contributed by atoms with van der Waals surface area (Å²) in [7, 11) is 0. The van der Waals surface area contributed by atoms with Crippen molar-refractivity contribution >= 4 is 18.2 Å². The first-order valence-corrected chi connectivity index (χ1v) is 7.00. The SMILES string of the molecule is Cc1cncnc1/C=C/c1ccc2c(c1)C=CC(C)(C)O2. The minimum atomic E-state index is -0.234. The zero-order valence-corrected chi connectivity index (χ0v) is 12.5. The summed E-state index contributed by atoms with van der Waals surface area (Å²) in [4.78, 5) is 8.26. The molecule has 3 rings (SSSR count). The molecular formula is C18H18N2O. The summed E-state index contributed by atoms with van der Waals surface area (Å²) in [5.74, 6) is 0.929. The molecule has 0 saturated heterocycles. The number of ether oxygens (including phenoxy) is 1.